The molecule has 1 unspecified atom stereocenters. The number of rotatable bonds is 7. The summed E-state index contributed by atoms with van der Waals surface area (Å²) in [5.41, 5.74) is 2.05. The number of nitrogens with one attached hydrogen (secondary N) is 1. The topological polar surface area (TPSA) is 66.5 Å². The molecule has 1 aromatic heterocycles. The summed E-state index contributed by atoms with van der Waals surface area (Å²) < 4.78 is 0. The van der Waals surface area contributed by atoms with Crippen LogP contribution in [-0.2, 0) is 16.0 Å². The Morgan fingerprint density at radius 2 is 1.68 bits per heavy atom. The Morgan fingerprint density at radius 1 is 0.968 bits per heavy atom. The van der Waals surface area contributed by atoms with E-state index in [-0.39, 0.29) is 18.5 Å². The van der Waals surface area contributed by atoms with Crippen molar-refractivity contribution in [2.24, 2.45) is 0 Å². The molecule has 7 heteroatoms. The van der Waals surface area contributed by atoms with Crippen molar-refractivity contribution in [2.75, 3.05) is 6.54 Å². The maximum Gasteiger partial charge on any atom is 0.294 e. The highest BCUT2D eigenvalue weighted by atomic mass is 32.2. The van der Waals surface area contributed by atoms with E-state index < -0.39 is 11.1 Å². The molecule has 0 saturated carbocycles. The average molecular weight is 449 g/mol. The summed E-state index contributed by atoms with van der Waals surface area (Å²) in [6.07, 6.45) is 2.30. The van der Waals surface area contributed by atoms with Crippen LogP contribution in [0.3, 0.4) is 0 Å². The van der Waals surface area contributed by atoms with E-state index in [4.69, 9.17) is 0 Å². The average Bonchev–Trinajstić information content (AvgIpc) is 3.39. The number of thiophene rings is 1. The van der Waals surface area contributed by atoms with Crippen molar-refractivity contribution in [3.63, 3.8) is 0 Å². The highest BCUT2D eigenvalue weighted by Gasteiger charge is 2.36. The van der Waals surface area contributed by atoms with Crippen LogP contribution in [-0.4, -0.2) is 28.5 Å². The molecular weight excluding hydrogens is 428 g/mol. The van der Waals surface area contributed by atoms with Crippen LogP contribution < -0.4 is 5.32 Å². The van der Waals surface area contributed by atoms with Crippen LogP contribution in [0.5, 0.6) is 0 Å². The summed E-state index contributed by atoms with van der Waals surface area (Å²) in [6, 6.07) is 23.0. The van der Waals surface area contributed by atoms with E-state index in [1.54, 1.807) is 6.08 Å². The third-order valence-electron chi connectivity index (χ3n) is 4.81. The van der Waals surface area contributed by atoms with Crippen LogP contribution in [0.2, 0.25) is 0 Å². The van der Waals surface area contributed by atoms with E-state index in [9.17, 15) is 14.4 Å². The number of carbonyl (C=O) groups excluding carboxylic acids is 3. The quantitative estimate of drug-likeness (QED) is 0.523. The van der Waals surface area contributed by atoms with Crippen molar-refractivity contribution in [3.05, 3.63) is 99.1 Å². The number of nitrogens with zero attached hydrogens (tertiary/aromatic N) is 1. The lowest BCUT2D eigenvalue weighted by Gasteiger charge is -2.21. The van der Waals surface area contributed by atoms with Crippen molar-refractivity contribution in [2.45, 2.75) is 12.5 Å². The fraction of sp³-hybridized carbons (Fsp3) is 0.125. The highest BCUT2D eigenvalue weighted by molar-refractivity contribution is 8.18. The predicted octanol–water partition coefficient (Wildman–Crippen LogP) is 4.88. The van der Waals surface area contributed by atoms with Crippen LogP contribution >= 0.6 is 23.1 Å². The van der Waals surface area contributed by atoms with E-state index in [0.29, 0.717) is 11.3 Å². The van der Waals surface area contributed by atoms with Gasteiger partial charge in [0.05, 0.1) is 10.9 Å². The lowest BCUT2D eigenvalue weighted by molar-refractivity contribution is -0.129. The number of amides is 3. The van der Waals surface area contributed by atoms with Crippen molar-refractivity contribution < 1.29 is 14.4 Å². The second kappa shape index (κ2) is 9.76. The molecule has 1 aliphatic rings. The van der Waals surface area contributed by atoms with Crippen LogP contribution in [0.4, 0.5) is 4.79 Å². The maximum absolute atomic E-state index is 12.8. The molecule has 1 N–H and O–H groups in total. The largest absolute Gasteiger partial charge is 0.347 e. The second-order valence-electron chi connectivity index (χ2n) is 7.00. The lowest BCUT2D eigenvalue weighted by atomic mass is 9.99. The smallest absolute Gasteiger partial charge is 0.294 e. The molecular formula is C24H20N2O3S2. The van der Waals surface area contributed by atoms with Gasteiger partial charge in [0.15, 0.2) is 0 Å². The predicted molar refractivity (Wildman–Crippen MR) is 124 cm³/mol. The minimum absolute atomic E-state index is 0.266. The fourth-order valence-corrected chi connectivity index (χ4v) is 4.87. The number of thioether (sulfide) groups is 1. The minimum Gasteiger partial charge on any atom is -0.347 e. The van der Waals surface area contributed by atoms with Gasteiger partial charge in [0.2, 0.25) is 5.91 Å². The molecule has 0 spiro atoms. The zero-order valence-electron chi connectivity index (χ0n) is 16.6. The van der Waals surface area contributed by atoms with Gasteiger partial charge in [-0.2, -0.15) is 0 Å². The first kappa shape index (κ1) is 21.1. The molecule has 4 rings (SSSR count). The number of hydrogen-bond acceptors (Lipinski definition) is 5. The van der Waals surface area contributed by atoms with Gasteiger partial charge < -0.3 is 5.32 Å². The van der Waals surface area contributed by atoms with Crippen molar-refractivity contribution in [3.8, 4) is 0 Å². The van der Waals surface area contributed by atoms with E-state index in [0.717, 1.165) is 32.7 Å². The van der Waals surface area contributed by atoms with E-state index in [1.165, 1.54) is 11.3 Å². The Balaban J connectivity index is 1.46. The molecule has 1 fully saturated rings. The van der Waals surface area contributed by atoms with E-state index >= 15 is 0 Å². The van der Waals surface area contributed by atoms with Gasteiger partial charge in [-0.05, 0) is 46.8 Å². The van der Waals surface area contributed by atoms with Gasteiger partial charge in [0, 0.05) is 4.88 Å². The first-order valence-electron chi connectivity index (χ1n) is 9.77. The third kappa shape index (κ3) is 5.31. The van der Waals surface area contributed by atoms with E-state index in [2.05, 4.69) is 5.32 Å². The molecule has 156 valence electrons. The molecule has 2 heterocycles. The van der Waals surface area contributed by atoms with Gasteiger partial charge >= 0.3 is 0 Å². The molecule has 1 aliphatic heterocycles. The van der Waals surface area contributed by atoms with Crippen molar-refractivity contribution in [1.29, 1.82) is 0 Å². The second-order valence-corrected chi connectivity index (χ2v) is 8.98. The van der Waals surface area contributed by atoms with Gasteiger partial charge in [-0.3, -0.25) is 19.3 Å². The number of hydrogen-bond donors (Lipinski definition) is 1. The minimum atomic E-state index is -0.433. The molecule has 3 amide bonds. The molecule has 0 radical (unpaired) electrons. The lowest BCUT2D eigenvalue weighted by Crippen LogP contribution is -2.41. The van der Waals surface area contributed by atoms with Crippen LogP contribution in [0.1, 0.15) is 22.0 Å². The zero-order chi connectivity index (χ0) is 21.6. The first-order chi connectivity index (χ1) is 15.1. The molecule has 5 nitrogen and oxygen atoms in total. The third-order valence-corrected chi connectivity index (χ3v) is 6.54. The Bertz CT molecular complexity index is 1100. The molecule has 0 bridgehead atoms. The summed E-state index contributed by atoms with van der Waals surface area (Å²) in [4.78, 5) is 40.1. The number of carbonyl (C=O) groups is 3. The number of benzene rings is 2. The Morgan fingerprint density at radius 3 is 2.35 bits per heavy atom. The van der Waals surface area contributed by atoms with Crippen molar-refractivity contribution >= 4 is 46.2 Å². The maximum atomic E-state index is 12.8. The molecule has 0 aliphatic carbocycles. The Labute approximate surface area is 188 Å². The Kier molecular flexibility index (Phi) is 6.64. The highest BCUT2D eigenvalue weighted by Crippen LogP contribution is 2.32. The zero-order valence-corrected chi connectivity index (χ0v) is 18.2. The Hall–Kier alpha value is -3.16. The summed E-state index contributed by atoms with van der Waals surface area (Å²) in [5.74, 6) is -0.803. The van der Waals surface area contributed by atoms with Gasteiger partial charge in [0.25, 0.3) is 11.1 Å². The van der Waals surface area contributed by atoms with Gasteiger partial charge in [-0.1, -0.05) is 66.7 Å². The van der Waals surface area contributed by atoms with Gasteiger partial charge in [-0.25, -0.2) is 0 Å². The van der Waals surface area contributed by atoms with E-state index in [1.807, 2.05) is 78.2 Å². The summed E-state index contributed by atoms with van der Waals surface area (Å²) in [7, 11) is 0. The SMILES string of the molecule is O=C(CN1C(=O)S/C(=C\c2cccs2)C1=O)NC(Cc1ccccc1)c1ccccc1. The molecule has 1 saturated heterocycles. The molecule has 3 aromatic rings. The normalized spacial score (nSPS) is 16.0. The number of imide groups is 1. The summed E-state index contributed by atoms with van der Waals surface area (Å²) in [6.45, 7) is -0.301. The molecule has 1 atom stereocenters. The van der Waals surface area contributed by atoms with Gasteiger partial charge in [0.1, 0.15) is 6.54 Å². The van der Waals surface area contributed by atoms with Crippen molar-refractivity contribution in [1.82, 2.24) is 10.2 Å². The summed E-state index contributed by atoms with van der Waals surface area (Å²) >= 11 is 2.35. The van der Waals surface area contributed by atoms with Crippen LogP contribution in [0, 0.1) is 0 Å². The first-order valence-corrected chi connectivity index (χ1v) is 11.5. The fourth-order valence-electron chi connectivity index (χ4n) is 3.31. The van der Waals surface area contributed by atoms with Crippen LogP contribution in [0.15, 0.2) is 83.1 Å². The van der Waals surface area contributed by atoms with Gasteiger partial charge in [-0.15, -0.1) is 11.3 Å². The monoisotopic (exact) mass is 448 g/mol. The standard InChI is InChI=1S/C24H20N2O3S2/c27-22(16-26-23(28)21(31-24(26)29)15-19-12-7-13-30-19)25-20(18-10-5-2-6-11-18)14-17-8-3-1-4-9-17/h1-13,15,20H,14,16H2,(H,25,27)/b21-15-. The molecule has 31 heavy (non-hydrogen) atoms. The molecule has 2 aromatic carbocycles. The summed E-state index contributed by atoms with van der Waals surface area (Å²) in [5, 5.41) is 4.47. The van der Waals surface area contributed by atoms with Crippen LogP contribution in [0.25, 0.3) is 6.08 Å².